The molecule has 0 aliphatic carbocycles. The van der Waals surface area contributed by atoms with Crippen LogP contribution in [-0.2, 0) is 4.79 Å². The van der Waals surface area contributed by atoms with Gasteiger partial charge in [-0.25, -0.2) is 4.79 Å². The fraction of sp³-hybridized carbons (Fsp3) is 0.167. The van der Waals surface area contributed by atoms with E-state index in [-0.39, 0.29) is 0 Å². The van der Waals surface area contributed by atoms with Gasteiger partial charge in [0, 0.05) is 5.56 Å². The van der Waals surface area contributed by atoms with Crippen LogP contribution in [0.4, 0.5) is 5.69 Å². The highest BCUT2D eigenvalue weighted by Gasteiger charge is 2.09. The van der Waals surface area contributed by atoms with E-state index in [1.807, 2.05) is 6.92 Å². The van der Waals surface area contributed by atoms with Gasteiger partial charge in [0.25, 0.3) is 0 Å². The van der Waals surface area contributed by atoms with Crippen LogP contribution < -0.4 is 14.9 Å². The van der Waals surface area contributed by atoms with Gasteiger partial charge in [0.15, 0.2) is 18.1 Å². The Balaban J connectivity index is 2.16. The minimum Gasteiger partial charge on any atom is -0.493 e. The molecule has 0 aromatic heterocycles. The summed E-state index contributed by atoms with van der Waals surface area (Å²) in [7, 11) is 1.48. The van der Waals surface area contributed by atoms with Crippen molar-refractivity contribution in [1.82, 2.24) is 0 Å². The van der Waals surface area contributed by atoms with Crippen molar-refractivity contribution >= 4 is 17.4 Å². The van der Waals surface area contributed by atoms with Crippen molar-refractivity contribution < 1.29 is 19.4 Å². The molecule has 2 rings (SSSR count). The normalized spacial score (nSPS) is 10.7. The zero-order valence-electron chi connectivity index (χ0n) is 13.8. The number of methoxy groups -OCH3 is 1. The van der Waals surface area contributed by atoms with Crippen LogP contribution >= 0.6 is 0 Å². The first-order valence-electron chi connectivity index (χ1n) is 7.37. The van der Waals surface area contributed by atoms with Crippen LogP contribution in [0, 0.1) is 11.3 Å². The Kier molecular flexibility index (Phi) is 5.96. The maximum atomic E-state index is 10.6. The molecule has 7 heteroatoms. The summed E-state index contributed by atoms with van der Waals surface area (Å²) in [5, 5.41) is 21.9. The van der Waals surface area contributed by atoms with Gasteiger partial charge in [-0.1, -0.05) is 6.07 Å². The predicted octanol–water partition coefficient (Wildman–Crippen LogP) is 2.87. The number of benzene rings is 2. The molecule has 0 fully saturated rings. The predicted molar refractivity (Wildman–Crippen MR) is 93.1 cm³/mol. The number of carboxylic acids is 1. The molecule has 0 atom stereocenters. The molecule has 0 saturated carbocycles. The third kappa shape index (κ3) is 4.97. The Morgan fingerprint density at radius 1 is 1.28 bits per heavy atom. The van der Waals surface area contributed by atoms with Crippen molar-refractivity contribution in [2.45, 2.75) is 6.92 Å². The molecule has 128 valence electrons. The maximum Gasteiger partial charge on any atom is 0.341 e. The standard InChI is InChI=1S/C18H17N3O4/c1-12(20-21-15-5-3-4-13(8-15)10-19)14-6-7-16(17(9-14)24-2)25-11-18(22)23/h3-9,21H,11H2,1-2H3,(H,22,23)/b20-12+. The van der Waals surface area contributed by atoms with Crippen LogP contribution in [0.1, 0.15) is 18.1 Å². The van der Waals surface area contributed by atoms with E-state index in [0.29, 0.717) is 28.5 Å². The quantitative estimate of drug-likeness (QED) is 0.594. The van der Waals surface area contributed by atoms with E-state index in [1.165, 1.54) is 7.11 Å². The molecule has 0 spiro atoms. The number of hydrogen-bond acceptors (Lipinski definition) is 6. The van der Waals surface area contributed by atoms with E-state index in [9.17, 15) is 4.79 Å². The zero-order valence-corrected chi connectivity index (χ0v) is 13.8. The summed E-state index contributed by atoms with van der Waals surface area (Å²) in [5.74, 6) is -0.302. The van der Waals surface area contributed by atoms with Gasteiger partial charge in [0.05, 0.1) is 30.1 Å². The van der Waals surface area contributed by atoms with Gasteiger partial charge >= 0.3 is 5.97 Å². The van der Waals surface area contributed by atoms with Crippen molar-refractivity contribution in [3.05, 3.63) is 53.6 Å². The number of aliphatic carboxylic acids is 1. The molecule has 0 aliphatic heterocycles. The minimum atomic E-state index is -1.06. The first-order valence-corrected chi connectivity index (χ1v) is 7.37. The second-order valence-corrected chi connectivity index (χ2v) is 5.05. The lowest BCUT2D eigenvalue weighted by atomic mass is 10.1. The molecule has 0 bridgehead atoms. The molecule has 0 unspecified atom stereocenters. The largest absolute Gasteiger partial charge is 0.493 e. The molecular weight excluding hydrogens is 322 g/mol. The summed E-state index contributed by atoms with van der Waals surface area (Å²) in [4.78, 5) is 10.6. The molecular formula is C18H17N3O4. The molecule has 2 aromatic carbocycles. The molecule has 2 N–H and O–H groups in total. The number of carbonyl (C=O) groups is 1. The summed E-state index contributed by atoms with van der Waals surface area (Å²) >= 11 is 0. The number of nitrogens with zero attached hydrogens (tertiary/aromatic N) is 2. The van der Waals surface area contributed by atoms with Gasteiger partial charge in [-0.05, 0) is 43.3 Å². The number of hydrazone groups is 1. The van der Waals surface area contributed by atoms with Crippen LogP contribution in [0.25, 0.3) is 0 Å². The SMILES string of the molecule is COc1cc(/C(C)=N/Nc2cccc(C#N)c2)ccc1OCC(=O)O. The Morgan fingerprint density at radius 2 is 2.08 bits per heavy atom. The number of nitrogens with one attached hydrogen (secondary N) is 1. The summed E-state index contributed by atoms with van der Waals surface area (Å²) in [6.45, 7) is 1.37. The second-order valence-electron chi connectivity index (χ2n) is 5.05. The number of nitriles is 1. The summed E-state index contributed by atoms with van der Waals surface area (Å²) in [5.41, 5.74) is 5.61. The topological polar surface area (TPSA) is 104 Å². The highest BCUT2D eigenvalue weighted by atomic mass is 16.5. The van der Waals surface area contributed by atoms with E-state index >= 15 is 0 Å². The van der Waals surface area contributed by atoms with Crippen molar-refractivity contribution in [3.8, 4) is 17.6 Å². The van der Waals surface area contributed by atoms with Gasteiger partial charge in [0.2, 0.25) is 0 Å². The van der Waals surface area contributed by atoms with Gasteiger partial charge in [-0.3, -0.25) is 5.43 Å². The second kappa shape index (κ2) is 8.36. The van der Waals surface area contributed by atoms with Crippen molar-refractivity contribution in [3.63, 3.8) is 0 Å². The van der Waals surface area contributed by atoms with Crippen molar-refractivity contribution in [2.75, 3.05) is 19.1 Å². The average Bonchev–Trinajstić information content (AvgIpc) is 2.64. The van der Waals surface area contributed by atoms with Gasteiger partial charge < -0.3 is 14.6 Å². The lowest BCUT2D eigenvalue weighted by Gasteiger charge is -2.11. The van der Waals surface area contributed by atoms with Crippen molar-refractivity contribution in [1.29, 1.82) is 5.26 Å². The lowest BCUT2D eigenvalue weighted by molar-refractivity contribution is -0.139. The lowest BCUT2D eigenvalue weighted by Crippen LogP contribution is -2.10. The maximum absolute atomic E-state index is 10.6. The first kappa shape index (κ1) is 17.8. The Hall–Kier alpha value is -3.53. The highest BCUT2D eigenvalue weighted by molar-refractivity contribution is 5.99. The number of hydrogen-bond donors (Lipinski definition) is 2. The molecule has 0 radical (unpaired) electrons. The highest BCUT2D eigenvalue weighted by Crippen LogP contribution is 2.28. The van der Waals surface area contributed by atoms with Crippen LogP contribution in [0.5, 0.6) is 11.5 Å². The summed E-state index contributed by atoms with van der Waals surface area (Å²) < 4.78 is 10.4. The van der Waals surface area contributed by atoms with Crippen LogP contribution in [-0.4, -0.2) is 30.5 Å². The van der Waals surface area contributed by atoms with Crippen LogP contribution in [0.15, 0.2) is 47.6 Å². The molecule has 7 nitrogen and oxygen atoms in total. The molecule has 25 heavy (non-hydrogen) atoms. The number of carboxylic acid groups (broad SMARTS) is 1. The Labute approximate surface area is 145 Å². The van der Waals surface area contributed by atoms with E-state index < -0.39 is 12.6 Å². The average molecular weight is 339 g/mol. The number of ether oxygens (including phenoxy) is 2. The minimum absolute atomic E-state index is 0.344. The first-order chi connectivity index (χ1) is 12.0. The number of anilines is 1. The third-order valence-corrected chi connectivity index (χ3v) is 3.28. The van der Waals surface area contributed by atoms with E-state index in [0.717, 1.165) is 5.56 Å². The zero-order chi connectivity index (χ0) is 18.2. The molecule has 0 saturated heterocycles. The third-order valence-electron chi connectivity index (χ3n) is 3.28. The summed E-state index contributed by atoms with van der Waals surface area (Å²) in [6.07, 6.45) is 0. The van der Waals surface area contributed by atoms with Crippen molar-refractivity contribution in [2.24, 2.45) is 5.10 Å². The smallest absolute Gasteiger partial charge is 0.341 e. The monoisotopic (exact) mass is 339 g/mol. The molecule has 0 aliphatic rings. The van der Waals surface area contributed by atoms with E-state index in [4.69, 9.17) is 19.8 Å². The van der Waals surface area contributed by atoms with Crippen LogP contribution in [0.2, 0.25) is 0 Å². The fourth-order valence-electron chi connectivity index (χ4n) is 2.02. The van der Waals surface area contributed by atoms with Gasteiger partial charge in [-0.15, -0.1) is 0 Å². The van der Waals surface area contributed by atoms with E-state index in [1.54, 1.807) is 42.5 Å². The fourth-order valence-corrected chi connectivity index (χ4v) is 2.02. The summed E-state index contributed by atoms with van der Waals surface area (Å²) in [6, 6.07) is 14.1. The Bertz CT molecular complexity index is 840. The van der Waals surface area contributed by atoms with E-state index in [2.05, 4.69) is 16.6 Å². The Morgan fingerprint density at radius 3 is 2.76 bits per heavy atom. The van der Waals surface area contributed by atoms with Gasteiger partial charge in [0.1, 0.15) is 0 Å². The molecule has 2 aromatic rings. The molecule has 0 heterocycles. The van der Waals surface area contributed by atoms with Crippen LogP contribution in [0.3, 0.4) is 0 Å². The number of rotatable bonds is 7. The molecule has 0 amide bonds. The van der Waals surface area contributed by atoms with Gasteiger partial charge in [-0.2, -0.15) is 10.4 Å².